The molecule has 1 saturated heterocycles. The summed E-state index contributed by atoms with van der Waals surface area (Å²) in [5.41, 5.74) is 7.59. The molecule has 0 aliphatic carbocycles. The van der Waals surface area contributed by atoms with Crippen LogP contribution in [0.15, 0.2) is 18.2 Å². The van der Waals surface area contributed by atoms with Crippen molar-refractivity contribution < 1.29 is 9.47 Å². The van der Waals surface area contributed by atoms with Crippen LogP contribution in [0.4, 0.5) is 0 Å². The molecule has 3 atom stereocenters. The zero-order valence-corrected chi connectivity index (χ0v) is 13.0. The molecule has 0 aromatic heterocycles. The van der Waals surface area contributed by atoms with E-state index in [4.69, 9.17) is 15.2 Å². The smallest absolute Gasteiger partial charge is 0.124 e. The van der Waals surface area contributed by atoms with Gasteiger partial charge in [-0.15, -0.1) is 0 Å². The highest BCUT2D eigenvalue weighted by Gasteiger charge is 2.31. The van der Waals surface area contributed by atoms with Crippen molar-refractivity contribution >= 4 is 0 Å². The third kappa shape index (κ3) is 3.01. The van der Waals surface area contributed by atoms with Crippen LogP contribution in [0.5, 0.6) is 11.5 Å². The Hall–Kier alpha value is -1.26. The Labute approximate surface area is 127 Å². The van der Waals surface area contributed by atoms with E-state index in [-0.39, 0.29) is 6.04 Å². The summed E-state index contributed by atoms with van der Waals surface area (Å²) in [5.74, 6) is 2.11. The summed E-state index contributed by atoms with van der Waals surface area (Å²) in [7, 11) is 1.68. The van der Waals surface area contributed by atoms with Crippen LogP contribution in [0.25, 0.3) is 0 Å². The Bertz CT molecular complexity index is 492. The fourth-order valence-corrected chi connectivity index (χ4v) is 3.50. The number of hydrogen-bond donors (Lipinski definition) is 1. The first-order valence-electron chi connectivity index (χ1n) is 7.99. The molecule has 3 rings (SSSR count). The van der Waals surface area contributed by atoms with E-state index < -0.39 is 0 Å². The van der Waals surface area contributed by atoms with Gasteiger partial charge in [-0.1, -0.05) is 6.42 Å². The fraction of sp³-hybridized carbons (Fsp3) is 0.647. The van der Waals surface area contributed by atoms with E-state index in [0.717, 1.165) is 23.6 Å². The van der Waals surface area contributed by atoms with Crippen LogP contribution in [0.1, 0.15) is 37.8 Å². The summed E-state index contributed by atoms with van der Waals surface area (Å²) in [5, 5.41) is 0. The van der Waals surface area contributed by atoms with Crippen molar-refractivity contribution in [2.45, 2.75) is 38.3 Å². The van der Waals surface area contributed by atoms with Crippen molar-refractivity contribution in [2.75, 3.05) is 26.8 Å². The lowest BCUT2D eigenvalue weighted by molar-refractivity contribution is 0.0939. The quantitative estimate of drug-likeness (QED) is 0.929. The van der Waals surface area contributed by atoms with Crippen molar-refractivity contribution in [3.63, 3.8) is 0 Å². The first-order chi connectivity index (χ1) is 10.2. The highest BCUT2D eigenvalue weighted by atomic mass is 16.5. The number of methoxy groups -OCH3 is 1. The van der Waals surface area contributed by atoms with Gasteiger partial charge in [-0.3, -0.25) is 0 Å². The van der Waals surface area contributed by atoms with Crippen molar-refractivity contribution in [3.05, 3.63) is 23.8 Å². The molecule has 4 nitrogen and oxygen atoms in total. The van der Waals surface area contributed by atoms with E-state index in [0.29, 0.717) is 18.6 Å². The summed E-state index contributed by atoms with van der Waals surface area (Å²) in [4.78, 5) is 2.57. The van der Waals surface area contributed by atoms with Gasteiger partial charge in [0.15, 0.2) is 0 Å². The number of benzene rings is 1. The van der Waals surface area contributed by atoms with E-state index >= 15 is 0 Å². The predicted molar refractivity (Wildman–Crippen MR) is 83.8 cm³/mol. The molecule has 2 N–H and O–H groups in total. The van der Waals surface area contributed by atoms with Crippen molar-refractivity contribution in [2.24, 2.45) is 11.7 Å². The van der Waals surface area contributed by atoms with E-state index in [1.807, 2.05) is 18.2 Å². The molecule has 1 fully saturated rings. The minimum Gasteiger partial charge on any atom is -0.497 e. The third-order valence-electron chi connectivity index (χ3n) is 4.95. The molecule has 2 heterocycles. The number of hydrogen-bond acceptors (Lipinski definition) is 4. The Morgan fingerprint density at radius 3 is 3.00 bits per heavy atom. The molecule has 2 aliphatic heterocycles. The van der Waals surface area contributed by atoms with Gasteiger partial charge in [0.25, 0.3) is 0 Å². The lowest BCUT2D eigenvalue weighted by Crippen LogP contribution is -2.45. The number of likely N-dealkylation sites (tertiary alicyclic amines) is 1. The van der Waals surface area contributed by atoms with Gasteiger partial charge < -0.3 is 20.1 Å². The Kier molecular flexibility index (Phi) is 4.36. The summed E-state index contributed by atoms with van der Waals surface area (Å²) in [6.45, 7) is 5.25. The van der Waals surface area contributed by atoms with Gasteiger partial charge in [-0.2, -0.15) is 0 Å². The Morgan fingerprint density at radius 1 is 1.38 bits per heavy atom. The number of piperidine rings is 1. The van der Waals surface area contributed by atoms with Gasteiger partial charge in [0, 0.05) is 30.1 Å². The van der Waals surface area contributed by atoms with Crippen LogP contribution in [0.2, 0.25) is 0 Å². The molecule has 3 unspecified atom stereocenters. The molecule has 4 heteroatoms. The average molecular weight is 290 g/mol. The summed E-state index contributed by atoms with van der Waals surface area (Å²) < 4.78 is 11.2. The first kappa shape index (κ1) is 14.7. The van der Waals surface area contributed by atoms with Gasteiger partial charge in [0.1, 0.15) is 11.5 Å². The maximum Gasteiger partial charge on any atom is 0.124 e. The van der Waals surface area contributed by atoms with Gasteiger partial charge in [0.05, 0.1) is 13.7 Å². The van der Waals surface area contributed by atoms with Crippen LogP contribution in [0.3, 0.4) is 0 Å². The number of rotatable bonds is 3. The number of nitrogens with two attached hydrogens (primary N) is 1. The van der Waals surface area contributed by atoms with E-state index in [2.05, 4.69) is 11.8 Å². The molecule has 2 aliphatic rings. The highest BCUT2D eigenvalue weighted by Crippen LogP contribution is 2.37. The fourth-order valence-electron chi connectivity index (χ4n) is 3.50. The van der Waals surface area contributed by atoms with Gasteiger partial charge in [-0.05, 0) is 44.5 Å². The standard InChI is InChI=1S/C17H26N2O2/c1-12-5-3-4-8-19(12)10-13-11-21-16-7-6-14(20-2)9-15(16)17(13)18/h6-7,9,12-13,17H,3-5,8,10-11,18H2,1-2H3. The van der Waals surface area contributed by atoms with Crippen molar-refractivity contribution in [3.8, 4) is 11.5 Å². The predicted octanol–water partition coefficient (Wildman–Crippen LogP) is 2.58. The Balaban J connectivity index is 1.73. The topological polar surface area (TPSA) is 47.7 Å². The zero-order valence-electron chi connectivity index (χ0n) is 13.0. The zero-order chi connectivity index (χ0) is 14.8. The lowest BCUT2D eigenvalue weighted by Gasteiger charge is -2.39. The SMILES string of the molecule is COc1ccc2c(c1)C(N)C(CN1CCCCC1C)CO2. The second-order valence-electron chi connectivity index (χ2n) is 6.34. The number of ether oxygens (including phenoxy) is 2. The molecule has 1 aromatic rings. The second kappa shape index (κ2) is 6.24. The van der Waals surface area contributed by atoms with Crippen LogP contribution >= 0.6 is 0 Å². The van der Waals surface area contributed by atoms with Gasteiger partial charge in [0.2, 0.25) is 0 Å². The molecule has 0 saturated carbocycles. The maximum absolute atomic E-state index is 6.51. The average Bonchev–Trinajstić information content (AvgIpc) is 2.52. The van der Waals surface area contributed by atoms with Crippen molar-refractivity contribution in [1.29, 1.82) is 0 Å². The molecule has 0 radical (unpaired) electrons. The maximum atomic E-state index is 6.51. The van der Waals surface area contributed by atoms with E-state index in [1.54, 1.807) is 7.11 Å². The normalized spacial score (nSPS) is 29.6. The van der Waals surface area contributed by atoms with Gasteiger partial charge >= 0.3 is 0 Å². The summed E-state index contributed by atoms with van der Waals surface area (Å²) >= 11 is 0. The van der Waals surface area contributed by atoms with Crippen LogP contribution in [0, 0.1) is 5.92 Å². The monoisotopic (exact) mass is 290 g/mol. The number of nitrogens with zero attached hydrogens (tertiary/aromatic N) is 1. The lowest BCUT2D eigenvalue weighted by atomic mass is 9.89. The summed E-state index contributed by atoms with van der Waals surface area (Å²) in [6, 6.07) is 6.61. The van der Waals surface area contributed by atoms with E-state index in [1.165, 1.54) is 25.8 Å². The van der Waals surface area contributed by atoms with E-state index in [9.17, 15) is 0 Å². The van der Waals surface area contributed by atoms with Crippen LogP contribution in [-0.4, -0.2) is 37.7 Å². The largest absolute Gasteiger partial charge is 0.497 e. The molecule has 1 aromatic carbocycles. The van der Waals surface area contributed by atoms with Crippen molar-refractivity contribution in [1.82, 2.24) is 4.90 Å². The summed E-state index contributed by atoms with van der Waals surface area (Å²) in [6.07, 6.45) is 3.95. The molecular weight excluding hydrogens is 264 g/mol. The van der Waals surface area contributed by atoms with Gasteiger partial charge in [-0.25, -0.2) is 0 Å². The molecule has 0 amide bonds. The Morgan fingerprint density at radius 2 is 2.24 bits per heavy atom. The third-order valence-corrected chi connectivity index (χ3v) is 4.95. The van der Waals surface area contributed by atoms with Crippen LogP contribution in [-0.2, 0) is 0 Å². The number of fused-ring (bicyclic) bond motifs is 1. The highest BCUT2D eigenvalue weighted by molar-refractivity contribution is 5.43. The second-order valence-corrected chi connectivity index (χ2v) is 6.34. The molecular formula is C17H26N2O2. The minimum absolute atomic E-state index is 0.0259. The van der Waals surface area contributed by atoms with Crippen LogP contribution < -0.4 is 15.2 Å². The first-order valence-corrected chi connectivity index (χ1v) is 7.99. The molecule has 0 spiro atoms. The molecule has 0 bridgehead atoms. The molecule has 116 valence electrons. The molecule has 21 heavy (non-hydrogen) atoms. The minimum atomic E-state index is 0.0259.